The number of esters is 1. The molecule has 0 aliphatic heterocycles. The molecule has 0 bridgehead atoms. The third kappa shape index (κ3) is 3.49. The van der Waals surface area contributed by atoms with E-state index in [1.807, 2.05) is 11.4 Å². The van der Waals surface area contributed by atoms with Crippen LogP contribution in [0.25, 0.3) is 0 Å². The molecule has 116 valence electrons. The maximum Gasteiger partial charge on any atom is 0.347 e. The van der Waals surface area contributed by atoms with Gasteiger partial charge in [-0.2, -0.15) is 0 Å². The molecule has 5 nitrogen and oxygen atoms in total. The Morgan fingerprint density at radius 1 is 1.13 bits per heavy atom. The average Bonchev–Trinajstić information content (AvgIpc) is 3.20. The first-order valence-corrected chi connectivity index (χ1v) is 7.72. The molecule has 6 heteroatoms. The molecule has 1 amide bonds. The first-order chi connectivity index (χ1) is 11.1. The maximum absolute atomic E-state index is 12.0. The van der Waals surface area contributed by atoms with Crippen molar-refractivity contribution in [2.24, 2.45) is 0 Å². The first-order valence-electron chi connectivity index (χ1n) is 6.84. The second kappa shape index (κ2) is 6.50. The van der Waals surface area contributed by atoms with E-state index in [4.69, 9.17) is 9.15 Å². The third-order valence-electron chi connectivity index (χ3n) is 3.15. The Morgan fingerprint density at radius 3 is 2.52 bits per heavy atom. The monoisotopic (exact) mass is 327 g/mol. The summed E-state index contributed by atoms with van der Waals surface area (Å²) in [6.45, 7) is 1.69. The smallest absolute Gasteiger partial charge is 0.347 e. The van der Waals surface area contributed by atoms with E-state index in [1.165, 1.54) is 17.6 Å². The molecule has 23 heavy (non-hydrogen) atoms. The molecule has 0 saturated heterocycles. The van der Waals surface area contributed by atoms with Crippen LogP contribution in [0.2, 0.25) is 0 Å². The zero-order valence-electron chi connectivity index (χ0n) is 12.2. The molecule has 3 aromatic rings. The fraction of sp³-hybridized carbons (Fsp3) is 0.0588. The van der Waals surface area contributed by atoms with Crippen LogP contribution in [0, 0.1) is 6.92 Å². The average molecular weight is 327 g/mol. The second-order valence-corrected chi connectivity index (χ2v) is 5.68. The summed E-state index contributed by atoms with van der Waals surface area (Å²) in [6, 6.07) is 11.7. The summed E-state index contributed by atoms with van der Waals surface area (Å²) < 4.78 is 10.3. The molecule has 0 radical (unpaired) electrons. The van der Waals surface area contributed by atoms with Gasteiger partial charge < -0.3 is 14.5 Å². The van der Waals surface area contributed by atoms with Gasteiger partial charge in [-0.3, -0.25) is 4.79 Å². The van der Waals surface area contributed by atoms with Crippen molar-refractivity contribution in [3.8, 4) is 5.75 Å². The minimum atomic E-state index is -0.480. The number of hydrogen-bond acceptors (Lipinski definition) is 5. The summed E-state index contributed by atoms with van der Waals surface area (Å²) in [7, 11) is 0. The number of anilines is 1. The van der Waals surface area contributed by atoms with Crippen LogP contribution in [0.5, 0.6) is 5.75 Å². The minimum absolute atomic E-state index is 0.168. The molecule has 1 N–H and O–H groups in total. The highest BCUT2D eigenvalue weighted by Crippen LogP contribution is 2.19. The fourth-order valence-corrected chi connectivity index (χ4v) is 2.58. The van der Waals surface area contributed by atoms with Crippen LogP contribution in [-0.2, 0) is 0 Å². The minimum Gasteiger partial charge on any atom is -0.469 e. The topological polar surface area (TPSA) is 68.5 Å². The zero-order chi connectivity index (χ0) is 16.2. The van der Waals surface area contributed by atoms with E-state index in [2.05, 4.69) is 5.32 Å². The molecule has 0 fully saturated rings. The van der Waals surface area contributed by atoms with Gasteiger partial charge in [-0.1, -0.05) is 6.07 Å². The quantitative estimate of drug-likeness (QED) is 0.578. The van der Waals surface area contributed by atoms with Crippen LogP contribution in [0.3, 0.4) is 0 Å². The van der Waals surface area contributed by atoms with E-state index in [1.54, 1.807) is 43.3 Å². The van der Waals surface area contributed by atoms with Gasteiger partial charge in [0.15, 0.2) is 0 Å². The van der Waals surface area contributed by atoms with E-state index in [0.29, 0.717) is 27.6 Å². The van der Waals surface area contributed by atoms with Gasteiger partial charge in [-0.15, -0.1) is 11.3 Å². The number of thiophene rings is 1. The second-order valence-electron chi connectivity index (χ2n) is 4.74. The van der Waals surface area contributed by atoms with E-state index in [9.17, 15) is 9.59 Å². The van der Waals surface area contributed by atoms with E-state index in [0.717, 1.165) is 0 Å². The van der Waals surface area contributed by atoms with Crippen molar-refractivity contribution in [3.63, 3.8) is 0 Å². The number of aryl methyl sites for hydroxylation is 1. The Morgan fingerprint density at radius 2 is 1.91 bits per heavy atom. The van der Waals surface area contributed by atoms with Gasteiger partial charge in [0, 0.05) is 5.69 Å². The van der Waals surface area contributed by atoms with Gasteiger partial charge >= 0.3 is 5.97 Å². The normalized spacial score (nSPS) is 10.3. The van der Waals surface area contributed by atoms with Gasteiger partial charge in [-0.05, 0) is 48.7 Å². The number of hydrogen-bond donors (Lipinski definition) is 1. The number of carbonyl (C=O) groups is 2. The molecule has 0 spiro atoms. The Labute approximate surface area is 136 Å². The summed E-state index contributed by atoms with van der Waals surface area (Å²) in [4.78, 5) is 24.5. The highest BCUT2D eigenvalue weighted by Gasteiger charge is 2.14. The molecule has 0 unspecified atom stereocenters. The molecule has 0 aliphatic carbocycles. The van der Waals surface area contributed by atoms with Crippen LogP contribution < -0.4 is 10.1 Å². The molecule has 0 saturated carbocycles. The molecule has 0 atom stereocenters. The Bertz CT molecular complexity index is 819. The predicted molar refractivity (Wildman–Crippen MR) is 87.1 cm³/mol. The largest absolute Gasteiger partial charge is 0.469 e. The van der Waals surface area contributed by atoms with Gasteiger partial charge in [0.1, 0.15) is 17.1 Å². The van der Waals surface area contributed by atoms with Gasteiger partial charge in [0.2, 0.25) is 0 Å². The number of benzene rings is 1. The lowest BCUT2D eigenvalue weighted by molar-refractivity contribution is 0.0732. The Hall–Kier alpha value is -2.86. The highest BCUT2D eigenvalue weighted by molar-refractivity contribution is 7.12. The molecule has 0 aliphatic rings. The lowest BCUT2D eigenvalue weighted by Crippen LogP contribution is -2.10. The van der Waals surface area contributed by atoms with Crippen LogP contribution in [0.4, 0.5) is 5.69 Å². The summed E-state index contributed by atoms with van der Waals surface area (Å²) in [5, 5.41) is 4.62. The van der Waals surface area contributed by atoms with Crippen LogP contribution in [0.15, 0.2) is 58.5 Å². The summed E-state index contributed by atoms with van der Waals surface area (Å²) in [5.41, 5.74) is 1.02. The van der Waals surface area contributed by atoms with Crippen molar-refractivity contribution >= 4 is 28.9 Å². The van der Waals surface area contributed by atoms with Crippen molar-refractivity contribution in [2.45, 2.75) is 6.92 Å². The first kappa shape index (κ1) is 15.1. The molecular formula is C17H13NO4S. The Balaban J connectivity index is 1.64. The lowest BCUT2D eigenvalue weighted by Gasteiger charge is -2.06. The van der Waals surface area contributed by atoms with E-state index >= 15 is 0 Å². The number of ether oxygens (including phenoxy) is 1. The van der Waals surface area contributed by atoms with Gasteiger partial charge in [0.25, 0.3) is 5.91 Å². The zero-order valence-corrected chi connectivity index (χ0v) is 13.1. The SMILES string of the molecule is Cc1occc1C(=O)Oc1ccc(NC(=O)c2cccs2)cc1. The van der Waals surface area contributed by atoms with E-state index in [-0.39, 0.29) is 5.91 Å². The van der Waals surface area contributed by atoms with Crippen molar-refractivity contribution in [2.75, 3.05) is 5.32 Å². The molecular weight excluding hydrogens is 314 g/mol. The van der Waals surface area contributed by atoms with Crippen LogP contribution >= 0.6 is 11.3 Å². The van der Waals surface area contributed by atoms with Crippen molar-refractivity contribution < 1.29 is 18.7 Å². The summed E-state index contributed by atoms with van der Waals surface area (Å²) in [6.07, 6.45) is 1.44. The fourth-order valence-electron chi connectivity index (χ4n) is 1.97. The molecule has 3 rings (SSSR count). The van der Waals surface area contributed by atoms with Crippen molar-refractivity contribution in [1.82, 2.24) is 0 Å². The number of furan rings is 1. The van der Waals surface area contributed by atoms with E-state index < -0.39 is 5.97 Å². The van der Waals surface area contributed by atoms with Crippen molar-refractivity contribution in [1.29, 1.82) is 0 Å². The van der Waals surface area contributed by atoms with Gasteiger partial charge in [0.05, 0.1) is 11.1 Å². The number of nitrogens with one attached hydrogen (secondary N) is 1. The number of carbonyl (C=O) groups excluding carboxylic acids is 2. The van der Waals surface area contributed by atoms with Crippen molar-refractivity contribution in [3.05, 3.63) is 70.3 Å². The summed E-state index contributed by atoms with van der Waals surface area (Å²) in [5.74, 6) is 0.255. The number of amides is 1. The standard InChI is InChI=1S/C17H13NO4S/c1-11-14(8-9-21-11)17(20)22-13-6-4-12(5-7-13)18-16(19)15-3-2-10-23-15/h2-10H,1H3,(H,18,19). The molecule has 1 aromatic carbocycles. The maximum atomic E-state index is 12.0. The Kier molecular flexibility index (Phi) is 4.25. The molecule has 2 aromatic heterocycles. The number of rotatable bonds is 4. The highest BCUT2D eigenvalue weighted by atomic mass is 32.1. The van der Waals surface area contributed by atoms with Crippen LogP contribution in [0.1, 0.15) is 25.8 Å². The lowest BCUT2D eigenvalue weighted by atomic mass is 10.2. The van der Waals surface area contributed by atoms with Crippen LogP contribution in [-0.4, -0.2) is 11.9 Å². The van der Waals surface area contributed by atoms with Gasteiger partial charge in [-0.25, -0.2) is 4.79 Å². The third-order valence-corrected chi connectivity index (χ3v) is 4.02. The molecule has 2 heterocycles. The summed E-state index contributed by atoms with van der Waals surface area (Å²) >= 11 is 1.37. The predicted octanol–water partition coefficient (Wildman–Crippen LogP) is 4.12.